The molecule has 0 saturated carbocycles. The van der Waals surface area contributed by atoms with Gasteiger partial charge in [-0.15, -0.1) is 0 Å². The number of hydrogen-bond donors (Lipinski definition) is 1. The molecular formula is C23H28ClN3O4S. The number of ether oxygens (including phenoxy) is 1. The molecule has 4 rings (SSSR count). The number of benzene rings is 2. The van der Waals surface area contributed by atoms with Gasteiger partial charge in [0.15, 0.2) is 0 Å². The summed E-state index contributed by atoms with van der Waals surface area (Å²) < 4.78 is 32.4. The van der Waals surface area contributed by atoms with Gasteiger partial charge in [0, 0.05) is 26.2 Å². The molecule has 2 aliphatic rings. The number of nitrogens with one attached hydrogen (secondary N) is 1. The van der Waals surface area contributed by atoms with Crippen LogP contribution >= 0.6 is 11.6 Å². The maximum absolute atomic E-state index is 12.9. The van der Waals surface area contributed by atoms with E-state index >= 15 is 0 Å². The molecule has 0 spiro atoms. The SMILES string of the molecule is O=C(NCc1ccc(CN2CCCC2)cc1)c1cc(S(=O)(=O)N2CCOCC2)ccc1Cl. The minimum atomic E-state index is -3.71. The number of halogens is 1. The lowest BCUT2D eigenvalue weighted by Gasteiger charge is -2.26. The van der Waals surface area contributed by atoms with Gasteiger partial charge in [0.2, 0.25) is 10.0 Å². The number of sulfonamides is 1. The summed E-state index contributed by atoms with van der Waals surface area (Å²) in [6.45, 7) is 4.89. The molecule has 0 aromatic heterocycles. The maximum atomic E-state index is 12.9. The second-order valence-electron chi connectivity index (χ2n) is 8.14. The van der Waals surface area contributed by atoms with Gasteiger partial charge in [-0.3, -0.25) is 9.69 Å². The summed E-state index contributed by atoms with van der Waals surface area (Å²) in [5.41, 5.74) is 2.37. The first-order valence-electron chi connectivity index (χ1n) is 10.9. The van der Waals surface area contributed by atoms with Gasteiger partial charge in [0.1, 0.15) is 0 Å². The van der Waals surface area contributed by atoms with Crippen molar-refractivity contribution in [1.29, 1.82) is 0 Å². The summed E-state index contributed by atoms with van der Waals surface area (Å²) in [4.78, 5) is 15.3. The Morgan fingerprint density at radius 1 is 0.969 bits per heavy atom. The predicted molar refractivity (Wildman–Crippen MR) is 123 cm³/mol. The van der Waals surface area contributed by atoms with E-state index in [0.29, 0.717) is 32.8 Å². The van der Waals surface area contributed by atoms with Crippen LogP contribution in [0.3, 0.4) is 0 Å². The van der Waals surface area contributed by atoms with Crippen LogP contribution in [0.2, 0.25) is 5.02 Å². The van der Waals surface area contributed by atoms with E-state index in [-0.39, 0.29) is 15.5 Å². The van der Waals surface area contributed by atoms with Crippen LogP contribution in [0.4, 0.5) is 0 Å². The summed E-state index contributed by atoms with van der Waals surface area (Å²) in [5.74, 6) is -0.407. The smallest absolute Gasteiger partial charge is 0.253 e. The van der Waals surface area contributed by atoms with Crippen molar-refractivity contribution in [2.45, 2.75) is 30.8 Å². The molecule has 9 heteroatoms. The third-order valence-corrected chi connectivity index (χ3v) is 8.10. The average Bonchev–Trinajstić information content (AvgIpc) is 3.32. The van der Waals surface area contributed by atoms with Crippen molar-refractivity contribution < 1.29 is 17.9 Å². The quantitative estimate of drug-likeness (QED) is 0.663. The molecule has 32 heavy (non-hydrogen) atoms. The lowest BCUT2D eigenvalue weighted by Crippen LogP contribution is -2.40. The fraction of sp³-hybridized carbons (Fsp3) is 0.435. The normalized spacial score (nSPS) is 18.0. The van der Waals surface area contributed by atoms with Crippen molar-refractivity contribution in [1.82, 2.24) is 14.5 Å². The molecule has 1 amide bonds. The Bertz CT molecular complexity index is 1050. The molecule has 0 radical (unpaired) electrons. The largest absolute Gasteiger partial charge is 0.379 e. The third-order valence-electron chi connectivity index (χ3n) is 5.87. The zero-order chi connectivity index (χ0) is 22.6. The summed E-state index contributed by atoms with van der Waals surface area (Å²) in [5, 5.41) is 3.06. The van der Waals surface area contributed by atoms with Gasteiger partial charge >= 0.3 is 0 Å². The molecule has 2 aromatic carbocycles. The van der Waals surface area contributed by atoms with E-state index in [0.717, 1.165) is 25.2 Å². The number of hydrogen-bond acceptors (Lipinski definition) is 5. The van der Waals surface area contributed by atoms with Crippen LogP contribution in [-0.4, -0.2) is 62.9 Å². The van der Waals surface area contributed by atoms with Crippen LogP contribution in [-0.2, 0) is 27.8 Å². The molecule has 2 saturated heterocycles. The zero-order valence-corrected chi connectivity index (χ0v) is 19.5. The molecule has 1 N–H and O–H groups in total. The fourth-order valence-electron chi connectivity index (χ4n) is 4.01. The molecule has 0 bridgehead atoms. The number of nitrogens with zero attached hydrogens (tertiary/aromatic N) is 2. The highest BCUT2D eigenvalue weighted by Crippen LogP contribution is 2.24. The van der Waals surface area contributed by atoms with E-state index in [1.807, 2.05) is 12.1 Å². The highest BCUT2D eigenvalue weighted by Gasteiger charge is 2.27. The Labute approximate surface area is 194 Å². The number of rotatable bonds is 7. The predicted octanol–water partition coefficient (Wildman–Crippen LogP) is 2.89. The molecule has 2 fully saturated rings. The van der Waals surface area contributed by atoms with E-state index in [2.05, 4.69) is 22.3 Å². The van der Waals surface area contributed by atoms with Crippen molar-refractivity contribution in [2.75, 3.05) is 39.4 Å². The topological polar surface area (TPSA) is 79.0 Å². The maximum Gasteiger partial charge on any atom is 0.253 e. The number of likely N-dealkylation sites (tertiary alicyclic amines) is 1. The van der Waals surface area contributed by atoms with Crippen LogP contribution in [0, 0.1) is 0 Å². The highest BCUT2D eigenvalue weighted by molar-refractivity contribution is 7.89. The molecule has 2 heterocycles. The number of carbonyl (C=O) groups excluding carboxylic acids is 1. The van der Waals surface area contributed by atoms with Gasteiger partial charge < -0.3 is 10.1 Å². The fourth-order valence-corrected chi connectivity index (χ4v) is 5.65. The van der Waals surface area contributed by atoms with Crippen molar-refractivity contribution >= 4 is 27.5 Å². The summed E-state index contributed by atoms with van der Waals surface area (Å²) >= 11 is 6.22. The first-order valence-corrected chi connectivity index (χ1v) is 12.7. The first kappa shape index (κ1) is 23.2. The van der Waals surface area contributed by atoms with Gasteiger partial charge in [-0.05, 0) is 55.3 Å². The minimum Gasteiger partial charge on any atom is -0.379 e. The van der Waals surface area contributed by atoms with E-state index in [4.69, 9.17) is 16.3 Å². The van der Waals surface area contributed by atoms with E-state index in [1.54, 1.807) is 0 Å². The van der Waals surface area contributed by atoms with Gasteiger partial charge in [0.05, 0.1) is 28.7 Å². The van der Waals surface area contributed by atoms with Gasteiger partial charge in [-0.25, -0.2) is 8.42 Å². The molecule has 2 aromatic rings. The Balaban J connectivity index is 1.40. The summed E-state index contributed by atoms with van der Waals surface area (Å²) in [6.07, 6.45) is 2.53. The third kappa shape index (κ3) is 5.50. The number of morpholine rings is 1. The van der Waals surface area contributed by atoms with E-state index in [9.17, 15) is 13.2 Å². The van der Waals surface area contributed by atoms with Crippen molar-refractivity contribution in [2.24, 2.45) is 0 Å². The summed E-state index contributed by atoms with van der Waals surface area (Å²) in [6, 6.07) is 12.4. The average molecular weight is 478 g/mol. The molecule has 0 unspecified atom stereocenters. The molecule has 172 valence electrons. The van der Waals surface area contributed by atoms with Crippen molar-refractivity contribution in [3.8, 4) is 0 Å². The second-order valence-corrected chi connectivity index (χ2v) is 10.5. The van der Waals surface area contributed by atoms with Crippen LogP contribution < -0.4 is 5.32 Å². The first-order chi connectivity index (χ1) is 15.4. The molecule has 0 aliphatic carbocycles. The molecule has 7 nitrogen and oxygen atoms in total. The Hall–Kier alpha value is -1.97. The lowest BCUT2D eigenvalue weighted by atomic mass is 10.1. The molecule has 0 atom stereocenters. The molecule has 2 aliphatic heterocycles. The Morgan fingerprint density at radius 2 is 1.62 bits per heavy atom. The zero-order valence-electron chi connectivity index (χ0n) is 17.9. The van der Waals surface area contributed by atoms with Crippen molar-refractivity contribution in [3.63, 3.8) is 0 Å². The van der Waals surface area contributed by atoms with E-state index < -0.39 is 15.9 Å². The summed E-state index contributed by atoms with van der Waals surface area (Å²) in [7, 11) is -3.71. The van der Waals surface area contributed by atoms with E-state index in [1.165, 1.54) is 40.9 Å². The van der Waals surface area contributed by atoms with Crippen LogP contribution in [0.5, 0.6) is 0 Å². The number of amides is 1. The van der Waals surface area contributed by atoms with Crippen LogP contribution in [0.25, 0.3) is 0 Å². The molecular weight excluding hydrogens is 450 g/mol. The Kier molecular flexibility index (Phi) is 7.48. The lowest BCUT2D eigenvalue weighted by molar-refractivity contribution is 0.0730. The van der Waals surface area contributed by atoms with Crippen molar-refractivity contribution in [3.05, 3.63) is 64.2 Å². The van der Waals surface area contributed by atoms with Gasteiger partial charge in [0.25, 0.3) is 5.91 Å². The van der Waals surface area contributed by atoms with Gasteiger partial charge in [-0.1, -0.05) is 35.9 Å². The Morgan fingerprint density at radius 3 is 2.31 bits per heavy atom. The van der Waals surface area contributed by atoms with Crippen LogP contribution in [0.15, 0.2) is 47.4 Å². The minimum absolute atomic E-state index is 0.0558. The van der Waals surface area contributed by atoms with Gasteiger partial charge in [-0.2, -0.15) is 4.31 Å². The number of carbonyl (C=O) groups is 1. The highest BCUT2D eigenvalue weighted by atomic mass is 35.5. The standard InChI is InChI=1S/C23H28ClN3O4S/c24-22-8-7-20(32(29,30)27-11-13-31-14-12-27)15-21(22)23(28)25-16-18-3-5-19(6-4-18)17-26-9-1-2-10-26/h3-8,15H,1-2,9-14,16-17H2,(H,25,28). The second kappa shape index (κ2) is 10.3. The monoisotopic (exact) mass is 477 g/mol. The van der Waals surface area contributed by atoms with Crippen LogP contribution in [0.1, 0.15) is 34.3 Å².